The van der Waals surface area contributed by atoms with Crippen LogP contribution in [0.2, 0.25) is 0 Å². The van der Waals surface area contributed by atoms with Crippen molar-refractivity contribution < 1.29 is 34.0 Å². The normalized spacial score (nSPS) is 15.8. The van der Waals surface area contributed by atoms with E-state index in [9.17, 15) is 4.79 Å². The summed E-state index contributed by atoms with van der Waals surface area (Å²) in [5.74, 6) is -0.278. The molecule has 0 saturated heterocycles. The number of aliphatic hydroxyl groups is 2. The smallest absolute Gasteiger partial charge is 0.302 e. The molecule has 2 N–H and O–H groups in total. The van der Waals surface area contributed by atoms with Crippen molar-refractivity contribution in [3.63, 3.8) is 0 Å². The third kappa shape index (κ3) is 19.2. The van der Waals surface area contributed by atoms with Gasteiger partial charge in [0.25, 0.3) is 0 Å². The van der Waals surface area contributed by atoms with Gasteiger partial charge in [0.1, 0.15) is 6.61 Å². The molecule has 0 aromatic carbocycles. The quantitative estimate of drug-likeness (QED) is 0.546. The van der Waals surface area contributed by atoms with Crippen molar-refractivity contribution in [2.24, 2.45) is 0 Å². The highest BCUT2D eigenvalue weighted by molar-refractivity contribution is 5.65. The van der Waals surface area contributed by atoms with Crippen LogP contribution < -0.4 is 0 Å². The highest BCUT2D eigenvalue weighted by Gasteiger charge is 2.09. The molecule has 0 heterocycles. The van der Waals surface area contributed by atoms with Crippen molar-refractivity contribution in [1.82, 2.24) is 0 Å². The molecule has 0 rings (SSSR count). The summed E-state index contributed by atoms with van der Waals surface area (Å²) >= 11 is 0. The van der Waals surface area contributed by atoms with Gasteiger partial charge in [0, 0.05) is 14.0 Å². The average molecular weight is 338 g/mol. The van der Waals surface area contributed by atoms with Gasteiger partial charge in [-0.05, 0) is 27.2 Å². The summed E-state index contributed by atoms with van der Waals surface area (Å²) in [5.41, 5.74) is 0. The molecule has 0 amide bonds. The van der Waals surface area contributed by atoms with Gasteiger partial charge < -0.3 is 29.2 Å². The fourth-order valence-electron chi connectivity index (χ4n) is 1.26. The van der Waals surface area contributed by atoms with Crippen LogP contribution in [0.25, 0.3) is 0 Å². The minimum atomic E-state index is -0.445. The summed E-state index contributed by atoms with van der Waals surface area (Å²) < 4.78 is 20.3. The number of rotatable bonds is 11. The summed E-state index contributed by atoms with van der Waals surface area (Å²) in [6.45, 7) is 9.82. The van der Waals surface area contributed by atoms with E-state index in [4.69, 9.17) is 29.2 Å². The molecular weight excluding hydrogens is 304 g/mol. The first-order valence-corrected chi connectivity index (χ1v) is 7.94. The number of ether oxygens (including phenoxy) is 4. The number of carbonyl (C=O) groups is 1. The van der Waals surface area contributed by atoms with Crippen LogP contribution in [-0.2, 0) is 23.7 Å². The molecule has 0 radical (unpaired) electrons. The van der Waals surface area contributed by atoms with Gasteiger partial charge in [0.15, 0.2) is 0 Å². The Hall–Kier alpha value is -0.730. The van der Waals surface area contributed by atoms with E-state index in [2.05, 4.69) is 0 Å². The number of hydrogen-bond donors (Lipinski definition) is 2. The van der Waals surface area contributed by atoms with E-state index in [1.54, 1.807) is 21.0 Å². The number of methoxy groups -OCH3 is 1. The largest absolute Gasteiger partial charge is 0.463 e. The fraction of sp³-hybridized carbons (Fsp3) is 0.938. The van der Waals surface area contributed by atoms with Gasteiger partial charge >= 0.3 is 5.97 Å². The van der Waals surface area contributed by atoms with E-state index in [0.29, 0.717) is 19.8 Å². The van der Waals surface area contributed by atoms with Crippen LogP contribution in [0.1, 0.15) is 41.0 Å². The SMILES string of the molecule is CC(O)COC(C)CO.CCC(COC(C)COC(C)=O)OC. The number of esters is 1. The summed E-state index contributed by atoms with van der Waals surface area (Å²) in [7, 11) is 1.66. The molecule has 0 bridgehead atoms. The van der Waals surface area contributed by atoms with E-state index in [0.717, 1.165) is 6.42 Å². The Bertz CT molecular complexity index is 267. The van der Waals surface area contributed by atoms with Crippen molar-refractivity contribution in [3.05, 3.63) is 0 Å². The lowest BCUT2D eigenvalue weighted by molar-refractivity contribution is -0.145. The zero-order valence-electron chi connectivity index (χ0n) is 15.3. The molecule has 7 nitrogen and oxygen atoms in total. The van der Waals surface area contributed by atoms with Crippen molar-refractivity contribution >= 4 is 5.97 Å². The average Bonchev–Trinajstić information content (AvgIpc) is 2.52. The molecule has 0 aliphatic rings. The van der Waals surface area contributed by atoms with E-state index in [-0.39, 0.29) is 30.9 Å². The number of carbonyl (C=O) groups excluding carboxylic acids is 1. The molecule has 0 saturated carbocycles. The van der Waals surface area contributed by atoms with Gasteiger partial charge in [-0.25, -0.2) is 0 Å². The topological polar surface area (TPSA) is 94.5 Å². The predicted molar refractivity (Wildman–Crippen MR) is 87.3 cm³/mol. The Morgan fingerprint density at radius 1 is 1.04 bits per heavy atom. The van der Waals surface area contributed by atoms with E-state index < -0.39 is 6.10 Å². The highest BCUT2D eigenvalue weighted by atomic mass is 16.6. The van der Waals surface area contributed by atoms with E-state index >= 15 is 0 Å². The summed E-state index contributed by atoms with van der Waals surface area (Å²) in [5, 5.41) is 17.1. The van der Waals surface area contributed by atoms with E-state index in [1.165, 1.54) is 6.92 Å². The maximum Gasteiger partial charge on any atom is 0.302 e. The zero-order chi connectivity index (χ0) is 18.3. The molecule has 7 heteroatoms. The molecule has 4 atom stereocenters. The van der Waals surface area contributed by atoms with Gasteiger partial charge in [-0.1, -0.05) is 6.92 Å². The van der Waals surface area contributed by atoms with Crippen molar-refractivity contribution in [2.45, 2.75) is 65.5 Å². The number of aliphatic hydroxyl groups excluding tert-OH is 2. The van der Waals surface area contributed by atoms with Crippen molar-refractivity contribution in [1.29, 1.82) is 0 Å². The van der Waals surface area contributed by atoms with Crippen LogP contribution in [0.4, 0.5) is 0 Å². The molecule has 0 aliphatic carbocycles. The van der Waals surface area contributed by atoms with Gasteiger partial charge in [-0.3, -0.25) is 4.79 Å². The Kier molecular flexibility index (Phi) is 17.2. The van der Waals surface area contributed by atoms with Crippen LogP contribution in [0, 0.1) is 0 Å². The summed E-state index contributed by atoms with van der Waals surface area (Å²) in [6.07, 6.45) is 0.341. The second-order valence-electron chi connectivity index (χ2n) is 5.39. The van der Waals surface area contributed by atoms with Crippen LogP contribution in [-0.4, -0.2) is 74.1 Å². The Balaban J connectivity index is 0. The molecule has 140 valence electrons. The van der Waals surface area contributed by atoms with Crippen LogP contribution in [0.15, 0.2) is 0 Å². The maximum absolute atomic E-state index is 10.5. The first-order chi connectivity index (χ1) is 10.8. The molecule has 23 heavy (non-hydrogen) atoms. The second-order valence-corrected chi connectivity index (χ2v) is 5.39. The van der Waals surface area contributed by atoms with Gasteiger partial charge in [0.05, 0.1) is 44.2 Å². The Morgan fingerprint density at radius 2 is 1.61 bits per heavy atom. The molecule has 0 spiro atoms. The number of hydrogen-bond acceptors (Lipinski definition) is 7. The molecule has 4 unspecified atom stereocenters. The lowest BCUT2D eigenvalue weighted by Gasteiger charge is -2.17. The van der Waals surface area contributed by atoms with Crippen LogP contribution in [0.3, 0.4) is 0 Å². The van der Waals surface area contributed by atoms with Gasteiger partial charge in [-0.15, -0.1) is 0 Å². The zero-order valence-corrected chi connectivity index (χ0v) is 15.3. The maximum atomic E-state index is 10.5. The van der Waals surface area contributed by atoms with Gasteiger partial charge in [0.2, 0.25) is 0 Å². The molecule has 0 aliphatic heterocycles. The van der Waals surface area contributed by atoms with Crippen molar-refractivity contribution in [3.8, 4) is 0 Å². The molecule has 0 fully saturated rings. The fourth-order valence-corrected chi connectivity index (χ4v) is 1.26. The van der Waals surface area contributed by atoms with E-state index in [1.807, 2.05) is 13.8 Å². The predicted octanol–water partition coefficient (Wildman–Crippen LogP) is 1.14. The summed E-state index contributed by atoms with van der Waals surface area (Å²) in [4.78, 5) is 10.5. The van der Waals surface area contributed by atoms with Crippen LogP contribution >= 0.6 is 0 Å². The minimum Gasteiger partial charge on any atom is -0.463 e. The third-order valence-electron chi connectivity index (χ3n) is 2.76. The second kappa shape index (κ2) is 16.1. The first-order valence-electron chi connectivity index (χ1n) is 7.94. The summed E-state index contributed by atoms with van der Waals surface area (Å²) in [6, 6.07) is 0. The van der Waals surface area contributed by atoms with Crippen LogP contribution in [0.5, 0.6) is 0 Å². The highest BCUT2D eigenvalue weighted by Crippen LogP contribution is 2.00. The Labute approximate surface area is 139 Å². The molecular formula is C16H34O7. The molecule has 0 aromatic heterocycles. The third-order valence-corrected chi connectivity index (χ3v) is 2.76. The molecule has 0 aromatic rings. The van der Waals surface area contributed by atoms with Gasteiger partial charge in [-0.2, -0.15) is 0 Å². The first kappa shape index (κ1) is 24.5. The minimum absolute atomic E-state index is 0.00667. The lowest BCUT2D eigenvalue weighted by Crippen LogP contribution is -2.24. The standard InChI is InChI=1S/C10H20O4.C6H14O3/c1-5-10(12-4)7-13-8(2)6-14-9(3)11;1-5(8)4-9-6(2)3-7/h8,10H,5-7H2,1-4H3;5-8H,3-4H2,1-2H3. The Morgan fingerprint density at radius 3 is 2.00 bits per heavy atom. The van der Waals surface area contributed by atoms with Crippen molar-refractivity contribution in [2.75, 3.05) is 33.5 Å². The monoisotopic (exact) mass is 338 g/mol. The lowest BCUT2D eigenvalue weighted by atomic mass is 10.3.